The van der Waals surface area contributed by atoms with E-state index in [0.717, 1.165) is 68.3 Å². The molecule has 3 heterocycles. The van der Waals surface area contributed by atoms with Gasteiger partial charge in [0.1, 0.15) is 5.83 Å². The van der Waals surface area contributed by atoms with Gasteiger partial charge in [-0.25, -0.2) is 4.39 Å². The van der Waals surface area contributed by atoms with E-state index >= 15 is 0 Å². The molecule has 0 aromatic rings. The van der Waals surface area contributed by atoms with Crippen LogP contribution in [-0.2, 0) is 4.79 Å². The molecule has 2 bridgehead atoms. The number of nitrogens with one attached hydrogen (secondary N) is 2. The number of piperidine rings is 1. The summed E-state index contributed by atoms with van der Waals surface area (Å²) in [6.45, 7) is 2.23. The molecule has 34 heavy (non-hydrogen) atoms. The number of halogens is 1. The summed E-state index contributed by atoms with van der Waals surface area (Å²) < 4.78 is 14.0. The molecule has 0 aromatic carbocycles. The van der Waals surface area contributed by atoms with E-state index < -0.39 is 5.91 Å². The predicted octanol–water partition coefficient (Wildman–Crippen LogP) is 4.76. The van der Waals surface area contributed by atoms with Crippen LogP contribution in [0.3, 0.4) is 0 Å². The minimum atomic E-state index is -0.414. The third-order valence-corrected chi connectivity index (χ3v) is 7.78. The second kappa shape index (κ2) is 9.69. The Kier molecular flexibility index (Phi) is 6.48. The highest BCUT2D eigenvalue weighted by molar-refractivity contribution is 5.96. The summed E-state index contributed by atoms with van der Waals surface area (Å²) in [7, 11) is 0. The van der Waals surface area contributed by atoms with Crippen molar-refractivity contribution in [3.63, 3.8) is 0 Å². The first kappa shape index (κ1) is 22.8. The fourth-order valence-electron chi connectivity index (χ4n) is 6.18. The number of nitrogens with zero attached hydrogens (tertiary/aromatic N) is 1. The average molecular weight is 463 g/mol. The zero-order valence-corrected chi connectivity index (χ0v) is 19.9. The SMILES string of the molecule is CC1C/C=C/C(F)=C\C=C/1N1[C@@H]2CC[C@H]1CC(NC1=C(C(N)=O)C=CNC3=C1C=CCCC3)C2. The zero-order chi connectivity index (χ0) is 23.7. The molecule has 6 heteroatoms. The van der Waals surface area contributed by atoms with Crippen molar-refractivity contribution in [1.82, 2.24) is 15.5 Å². The van der Waals surface area contributed by atoms with Gasteiger partial charge in [-0.15, -0.1) is 0 Å². The molecule has 5 aliphatic rings. The van der Waals surface area contributed by atoms with Crippen LogP contribution < -0.4 is 16.4 Å². The van der Waals surface area contributed by atoms with E-state index in [1.807, 2.05) is 18.4 Å². The summed E-state index contributed by atoms with van der Waals surface area (Å²) in [4.78, 5) is 15.0. The van der Waals surface area contributed by atoms with E-state index in [4.69, 9.17) is 5.73 Å². The highest BCUT2D eigenvalue weighted by Gasteiger charge is 2.42. The van der Waals surface area contributed by atoms with E-state index in [-0.39, 0.29) is 11.9 Å². The number of hydrogen-bond acceptors (Lipinski definition) is 4. The molecule has 4 atom stereocenters. The van der Waals surface area contributed by atoms with Crippen LogP contribution in [-0.4, -0.2) is 28.9 Å². The predicted molar refractivity (Wildman–Crippen MR) is 134 cm³/mol. The number of amides is 1. The maximum Gasteiger partial charge on any atom is 0.250 e. The monoisotopic (exact) mass is 462 g/mol. The van der Waals surface area contributed by atoms with Crippen molar-refractivity contribution in [1.29, 1.82) is 0 Å². The molecule has 3 aliphatic heterocycles. The Morgan fingerprint density at radius 2 is 1.94 bits per heavy atom. The van der Waals surface area contributed by atoms with Crippen molar-refractivity contribution in [2.24, 2.45) is 11.7 Å². The van der Waals surface area contributed by atoms with E-state index in [1.54, 1.807) is 18.2 Å². The summed E-state index contributed by atoms with van der Waals surface area (Å²) >= 11 is 0. The third kappa shape index (κ3) is 4.50. The molecular formula is C28H35FN4O. The molecule has 0 radical (unpaired) electrons. The number of primary amides is 1. The molecule has 2 fully saturated rings. The van der Waals surface area contributed by atoms with Gasteiger partial charge < -0.3 is 21.3 Å². The molecule has 4 N–H and O–H groups in total. The van der Waals surface area contributed by atoms with E-state index in [0.29, 0.717) is 23.6 Å². The van der Waals surface area contributed by atoms with Crippen molar-refractivity contribution >= 4 is 5.91 Å². The maximum atomic E-state index is 14.0. The standard InChI is InChI=1S/C28H35FN4O/c1-18-6-5-7-19(29)10-13-26(18)33-21-11-12-22(33)17-20(16-21)32-27-23-8-3-2-4-9-25(23)31-15-14-24(27)28(30)34/h3,5,7-8,10,13-15,18,20-22,31-32H,2,4,6,9,11-12,16-17H2,1H3,(H2,30,34)/b7-5+,19-10+,26-13+/t18?,20?,21-,22+. The molecule has 180 valence electrons. The summed E-state index contributed by atoms with van der Waals surface area (Å²) in [6.07, 6.45) is 23.2. The molecule has 5 nitrogen and oxygen atoms in total. The minimum absolute atomic E-state index is 0.185. The number of carbonyl (C=O) groups is 1. The lowest BCUT2D eigenvalue weighted by atomic mass is 9.91. The van der Waals surface area contributed by atoms with Crippen LogP contribution in [0.5, 0.6) is 0 Å². The Morgan fingerprint density at radius 3 is 2.71 bits per heavy atom. The second-order valence-electron chi connectivity index (χ2n) is 10.1. The third-order valence-electron chi connectivity index (χ3n) is 7.78. The molecule has 2 aliphatic carbocycles. The van der Waals surface area contributed by atoms with Crippen LogP contribution in [0.2, 0.25) is 0 Å². The maximum absolute atomic E-state index is 14.0. The Balaban J connectivity index is 1.41. The van der Waals surface area contributed by atoms with E-state index in [1.165, 1.54) is 5.70 Å². The highest BCUT2D eigenvalue weighted by atomic mass is 19.1. The second-order valence-corrected chi connectivity index (χ2v) is 10.1. The summed E-state index contributed by atoms with van der Waals surface area (Å²) in [5.74, 6) is -0.239. The molecule has 5 rings (SSSR count). The fraction of sp³-hybridized carbons (Fsp3) is 0.464. The number of fused-ring (bicyclic) bond motifs is 2. The first-order chi connectivity index (χ1) is 16.5. The van der Waals surface area contributed by atoms with Gasteiger partial charge in [0.15, 0.2) is 0 Å². The topological polar surface area (TPSA) is 70.4 Å². The van der Waals surface area contributed by atoms with Crippen molar-refractivity contribution in [3.8, 4) is 0 Å². The molecule has 0 spiro atoms. The molecular weight excluding hydrogens is 427 g/mol. The minimum Gasteiger partial charge on any atom is -0.381 e. The summed E-state index contributed by atoms with van der Waals surface area (Å²) in [5.41, 5.74) is 10.6. The smallest absolute Gasteiger partial charge is 0.250 e. The molecule has 0 aromatic heterocycles. The average Bonchev–Trinajstić information content (AvgIpc) is 2.99. The molecule has 0 saturated carbocycles. The summed E-state index contributed by atoms with van der Waals surface area (Å²) in [5, 5.41) is 7.15. The van der Waals surface area contributed by atoms with Gasteiger partial charge in [0, 0.05) is 41.3 Å². The van der Waals surface area contributed by atoms with Crippen LogP contribution >= 0.6 is 0 Å². The van der Waals surface area contributed by atoms with Crippen LogP contribution in [0.1, 0.15) is 58.3 Å². The van der Waals surface area contributed by atoms with Gasteiger partial charge in [0.2, 0.25) is 0 Å². The van der Waals surface area contributed by atoms with Gasteiger partial charge in [-0.3, -0.25) is 4.79 Å². The van der Waals surface area contributed by atoms with Crippen molar-refractivity contribution in [2.75, 3.05) is 0 Å². The Morgan fingerprint density at radius 1 is 1.15 bits per heavy atom. The Hall–Kier alpha value is -3.02. The van der Waals surface area contributed by atoms with E-state index in [9.17, 15) is 9.18 Å². The van der Waals surface area contributed by atoms with Gasteiger partial charge in [-0.05, 0) is 81.6 Å². The summed E-state index contributed by atoms with van der Waals surface area (Å²) in [6, 6.07) is 1.09. The molecule has 1 amide bonds. The van der Waals surface area contributed by atoms with Gasteiger partial charge in [-0.1, -0.05) is 25.2 Å². The fourth-order valence-corrected chi connectivity index (χ4v) is 6.18. The quantitative estimate of drug-likeness (QED) is 0.564. The van der Waals surface area contributed by atoms with Crippen LogP contribution in [0, 0.1) is 5.92 Å². The number of nitrogens with two attached hydrogens (primary N) is 1. The van der Waals surface area contributed by atoms with E-state index in [2.05, 4.69) is 34.6 Å². The van der Waals surface area contributed by atoms with Crippen molar-refractivity contribution in [2.45, 2.75) is 76.4 Å². The van der Waals surface area contributed by atoms with Gasteiger partial charge >= 0.3 is 0 Å². The van der Waals surface area contributed by atoms with Gasteiger partial charge in [-0.2, -0.15) is 0 Å². The normalized spacial score (nSPS) is 35.1. The largest absolute Gasteiger partial charge is 0.381 e. The lowest BCUT2D eigenvalue weighted by Gasteiger charge is -2.44. The zero-order valence-electron chi connectivity index (χ0n) is 19.9. The first-order valence-electron chi connectivity index (χ1n) is 12.7. The number of hydrogen-bond donors (Lipinski definition) is 3. The van der Waals surface area contributed by atoms with Crippen molar-refractivity contribution in [3.05, 3.63) is 82.8 Å². The molecule has 2 saturated heterocycles. The van der Waals surface area contributed by atoms with Gasteiger partial charge in [0.05, 0.1) is 11.3 Å². The first-order valence-corrected chi connectivity index (χ1v) is 12.7. The van der Waals surface area contributed by atoms with Crippen LogP contribution in [0.15, 0.2) is 82.8 Å². The van der Waals surface area contributed by atoms with Crippen LogP contribution in [0.25, 0.3) is 0 Å². The lowest BCUT2D eigenvalue weighted by molar-refractivity contribution is -0.114. The van der Waals surface area contributed by atoms with Gasteiger partial charge in [0.25, 0.3) is 5.91 Å². The highest BCUT2D eigenvalue weighted by Crippen LogP contribution is 2.42. The number of allylic oxidation sites excluding steroid dienone is 9. The Labute approximate surface area is 201 Å². The Bertz CT molecular complexity index is 1050. The van der Waals surface area contributed by atoms with Crippen LogP contribution in [0.4, 0.5) is 4.39 Å². The molecule has 2 unspecified atom stereocenters. The van der Waals surface area contributed by atoms with Crippen molar-refractivity contribution < 1.29 is 9.18 Å². The lowest BCUT2D eigenvalue weighted by Crippen LogP contribution is -2.49. The number of carbonyl (C=O) groups excluding carboxylic acids is 1. The number of rotatable bonds is 4.